The molecule has 0 aliphatic carbocycles. The maximum atomic E-state index is 2.60. The maximum absolute atomic E-state index is 2.60. The van der Waals surface area contributed by atoms with Crippen LogP contribution in [0.25, 0.3) is 11.1 Å². The molecule has 0 atom stereocenters. The van der Waals surface area contributed by atoms with Gasteiger partial charge in [-0.3, -0.25) is 9.80 Å². The van der Waals surface area contributed by atoms with Crippen LogP contribution in [0.5, 0.6) is 0 Å². The van der Waals surface area contributed by atoms with Crippen molar-refractivity contribution in [3.63, 3.8) is 0 Å². The van der Waals surface area contributed by atoms with E-state index in [1.54, 1.807) is 0 Å². The van der Waals surface area contributed by atoms with Crippen molar-refractivity contribution in [3.05, 3.63) is 143 Å². The summed E-state index contributed by atoms with van der Waals surface area (Å²) in [5, 5.41) is 0. The molecule has 2 heteroatoms. The fourth-order valence-electron chi connectivity index (χ4n) is 6.43. The van der Waals surface area contributed by atoms with Gasteiger partial charge in [-0.2, -0.15) is 0 Å². The third kappa shape index (κ3) is 6.63. The Bertz CT molecular complexity index is 1250. The fraction of sp³-hybridized carbons (Fsp3) is 0.316. The summed E-state index contributed by atoms with van der Waals surface area (Å²) in [4.78, 5) is 5.21. The van der Waals surface area contributed by atoms with Crippen molar-refractivity contribution >= 4 is 11.1 Å². The van der Waals surface area contributed by atoms with E-state index >= 15 is 0 Å². The molecule has 4 aromatic rings. The number of likely N-dealkylation sites (tertiary alicyclic amines) is 2. The predicted molar refractivity (Wildman–Crippen MR) is 169 cm³/mol. The molecule has 204 valence electrons. The quantitative estimate of drug-likeness (QED) is 0.212. The van der Waals surface area contributed by atoms with Gasteiger partial charge in [0.1, 0.15) is 0 Å². The Labute approximate surface area is 241 Å². The van der Waals surface area contributed by atoms with Crippen molar-refractivity contribution in [2.75, 3.05) is 26.2 Å². The molecule has 0 bridgehead atoms. The predicted octanol–water partition coefficient (Wildman–Crippen LogP) is 8.67. The highest BCUT2D eigenvalue weighted by Crippen LogP contribution is 2.37. The average Bonchev–Trinajstić information content (AvgIpc) is 3.03. The molecular weight excluding hydrogens is 484 g/mol. The van der Waals surface area contributed by atoms with E-state index in [1.165, 1.54) is 109 Å². The standard InChI is InChI=1S/C38H42N2/c1-5-13-33(14-6-1)37(35-21-17-31(18-22-35)29-39-25-9-3-10-26-39)38(34-15-7-2-8-16-34)36-23-19-32(20-24-36)30-40-27-11-4-12-28-40/h1-2,5-8,13-24H,3-4,9-12,25-30H2/b38-37-. The molecule has 0 amide bonds. The second-order valence-electron chi connectivity index (χ2n) is 11.5. The summed E-state index contributed by atoms with van der Waals surface area (Å²) < 4.78 is 0. The molecule has 2 heterocycles. The van der Waals surface area contributed by atoms with Crippen LogP contribution in [-0.4, -0.2) is 36.0 Å². The molecule has 2 fully saturated rings. The fourth-order valence-corrected chi connectivity index (χ4v) is 6.43. The van der Waals surface area contributed by atoms with Gasteiger partial charge in [0.25, 0.3) is 0 Å². The lowest BCUT2D eigenvalue weighted by Gasteiger charge is -2.26. The van der Waals surface area contributed by atoms with Crippen LogP contribution in [0.2, 0.25) is 0 Å². The number of benzene rings is 4. The molecule has 2 aliphatic rings. The van der Waals surface area contributed by atoms with Gasteiger partial charge in [0, 0.05) is 13.1 Å². The summed E-state index contributed by atoms with van der Waals surface area (Å²) >= 11 is 0. The van der Waals surface area contributed by atoms with Gasteiger partial charge in [0.05, 0.1) is 0 Å². The zero-order valence-corrected chi connectivity index (χ0v) is 23.8. The van der Waals surface area contributed by atoms with Crippen LogP contribution < -0.4 is 0 Å². The van der Waals surface area contributed by atoms with E-state index < -0.39 is 0 Å². The van der Waals surface area contributed by atoms with E-state index in [0.717, 1.165) is 13.1 Å². The van der Waals surface area contributed by atoms with Gasteiger partial charge >= 0.3 is 0 Å². The van der Waals surface area contributed by atoms with Gasteiger partial charge in [-0.25, -0.2) is 0 Å². The van der Waals surface area contributed by atoms with Crippen LogP contribution in [0.3, 0.4) is 0 Å². The van der Waals surface area contributed by atoms with Gasteiger partial charge < -0.3 is 0 Å². The Morgan fingerprint density at radius 2 is 0.700 bits per heavy atom. The largest absolute Gasteiger partial charge is 0.299 e. The van der Waals surface area contributed by atoms with E-state index in [-0.39, 0.29) is 0 Å². The minimum Gasteiger partial charge on any atom is -0.299 e. The molecule has 2 aliphatic heterocycles. The first-order valence-corrected chi connectivity index (χ1v) is 15.3. The van der Waals surface area contributed by atoms with Crippen LogP contribution in [0.1, 0.15) is 71.9 Å². The SMILES string of the molecule is c1ccc(/C(=C(\c2ccccc2)c2ccc(CN3CCCCC3)cc2)c2ccc(CN3CCCCC3)cc2)cc1. The number of nitrogens with zero attached hydrogens (tertiary/aromatic N) is 2. The Kier molecular flexibility index (Phi) is 8.87. The first-order chi connectivity index (χ1) is 19.8. The van der Waals surface area contributed by atoms with Crippen LogP contribution in [0, 0.1) is 0 Å². The number of rotatable bonds is 8. The molecule has 0 aromatic heterocycles. The van der Waals surface area contributed by atoms with Crippen molar-refractivity contribution in [1.29, 1.82) is 0 Å². The van der Waals surface area contributed by atoms with Gasteiger partial charge in [0.2, 0.25) is 0 Å². The highest BCUT2D eigenvalue weighted by molar-refractivity contribution is 6.04. The van der Waals surface area contributed by atoms with E-state index in [2.05, 4.69) is 119 Å². The third-order valence-corrected chi connectivity index (χ3v) is 8.57. The number of hydrogen-bond donors (Lipinski definition) is 0. The molecule has 0 spiro atoms. The third-order valence-electron chi connectivity index (χ3n) is 8.57. The topological polar surface area (TPSA) is 6.48 Å². The van der Waals surface area contributed by atoms with Gasteiger partial charge in [-0.05, 0) is 96.4 Å². The Hall–Kier alpha value is -3.46. The second-order valence-corrected chi connectivity index (χ2v) is 11.5. The summed E-state index contributed by atoms with van der Waals surface area (Å²) in [5.41, 5.74) is 10.4. The molecule has 0 N–H and O–H groups in total. The van der Waals surface area contributed by atoms with Crippen LogP contribution >= 0.6 is 0 Å². The van der Waals surface area contributed by atoms with Crippen molar-refractivity contribution < 1.29 is 0 Å². The lowest BCUT2D eigenvalue weighted by atomic mass is 9.85. The first-order valence-electron chi connectivity index (χ1n) is 15.3. The normalized spacial score (nSPS) is 17.4. The molecule has 4 aromatic carbocycles. The lowest BCUT2D eigenvalue weighted by molar-refractivity contribution is 0.221. The summed E-state index contributed by atoms with van der Waals surface area (Å²) in [7, 11) is 0. The van der Waals surface area contributed by atoms with Gasteiger partial charge in [0.15, 0.2) is 0 Å². The zero-order valence-electron chi connectivity index (χ0n) is 23.8. The molecule has 0 unspecified atom stereocenters. The van der Waals surface area contributed by atoms with Crippen LogP contribution in [0.4, 0.5) is 0 Å². The van der Waals surface area contributed by atoms with E-state index in [4.69, 9.17) is 0 Å². The maximum Gasteiger partial charge on any atom is 0.0233 e. The summed E-state index contributed by atoms with van der Waals surface area (Å²) in [6.45, 7) is 7.00. The van der Waals surface area contributed by atoms with Crippen molar-refractivity contribution in [2.45, 2.75) is 51.6 Å². The zero-order chi connectivity index (χ0) is 27.0. The van der Waals surface area contributed by atoms with E-state index in [9.17, 15) is 0 Å². The summed E-state index contributed by atoms with van der Waals surface area (Å²) in [6, 6.07) is 40.6. The average molecular weight is 527 g/mol. The second kappa shape index (κ2) is 13.3. The minimum atomic E-state index is 1.05. The van der Waals surface area contributed by atoms with E-state index in [0.29, 0.717) is 0 Å². The molecule has 0 radical (unpaired) electrons. The Morgan fingerprint density at radius 1 is 0.375 bits per heavy atom. The number of piperidine rings is 2. The van der Waals surface area contributed by atoms with Crippen molar-refractivity contribution in [1.82, 2.24) is 9.80 Å². The molecule has 40 heavy (non-hydrogen) atoms. The monoisotopic (exact) mass is 526 g/mol. The van der Waals surface area contributed by atoms with Crippen molar-refractivity contribution in [3.8, 4) is 0 Å². The van der Waals surface area contributed by atoms with Gasteiger partial charge in [-0.15, -0.1) is 0 Å². The summed E-state index contributed by atoms with van der Waals surface area (Å²) in [5.74, 6) is 0. The molecule has 2 saturated heterocycles. The molecule has 0 saturated carbocycles. The number of hydrogen-bond acceptors (Lipinski definition) is 2. The highest BCUT2D eigenvalue weighted by Gasteiger charge is 2.18. The Balaban J connectivity index is 1.40. The van der Waals surface area contributed by atoms with Crippen LogP contribution in [-0.2, 0) is 13.1 Å². The smallest absolute Gasteiger partial charge is 0.0233 e. The summed E-state index contributed by atoms with van der Waals surface area (Å²) in [6.07, 6.45) is 8.07. The molecular formula is C38H42N2. The Morgan fingerprint density at radius 3 is 1.05 bits per heavy atom. The van der Waals surface area contributed by atoms with Gasteiger partial charge in [-0.1, -0.05) is 122 Å². The molecule has 6 rings (SSSR count). The molecule has 2 nitrogen and oxygen atoms in total. The van der Waals surface area contributed by atoms with Crippen molar-refractivity contribution in [2.24, 2.45) is 0 Å². The van der Waals surface area contributed by atoms with Crippen LogP contribution in [0.15, 0.2) is 109 Å². The minimum absolute atomic E-state index is 1.05. The lowest BCUT2D eigenvalue weighted by Crippen LogP contribution is -2.29. The first kappa shape index (κ1) is 26.7. The van der Waals surface area contributed by atoms with E-state index in [1.807, 2.05) is 0 Å². The highest BCUT2D eigenvalue weighted by atomic mass is 15.1.